The first-order chi connectivity index (χ1) is 4.72. The summed E-state index contributed by atoms with van der Waals surface area (Å²) in [6.45, 7) is 0. The summed E-state index contributed by atoms with van der Waals surface area (Å²) < 4.78 is 0. The second kappa shape index (κ2) is 4.72. The molecule has 3 nitrogen and oxygen atoms in total. The van der Waals surface area contributed by atoms with E-state index < -0.39 is 4.92 Å². The Kier molecular flexibility index (Phi) is 4.68. The van der Waals surface area contributed by atoms with Crippen LogP contribution in [0.25, 0.3) is 0 Å². The van der Waals surface area contributed by atoms with Crippen molar-refractivity contribution in [3.8, 4) is 0 Å². The summed E-state index contributed by atoms with van der Waals surface area (Å²) in [5.41, 5.74) is -0.0517. The fraction of sp³-hybridized carbons (Fsp3) is 0. The van der Waals surface area contributed by atoms with Crippen LogP contribution in [-0.4, -0.2) is 34.5 Å². The Morgan fingerprint density at radius 2 is 1.91 bits per heavy atom. The number of hydrogen-bond acceptors (Lipinski definition) is 2. The molecule has 1 rings (SSSR count). The number of halogens is 1. The molecule has 0 saturated heterocycles. The van der Waals surface area contributed by atoms with E-state index in [0.29, 0.717) is 0 Å². The van der Waals surface area contributed by atoms with Gasteiger partial charge in [0.2, 0.25) is 0 Å². The van der Waals surface area contributed by atoms with Gasteiger partial charge in [-0.25, -0.2) is 0 Å². The van der Waals surface area contributed by atoms with Crippen molar-refractivity contribution in [3.05, 3.63) is 39.4 Å². The van der Waals surface area contributed by atoms with Gasteiger partial charge in [-0.05, 0) is 6.07 Å². The van der Waals surface area contributed by atoms with Gasteiger partial charge < -0.3 is 0 Å². The third-order valence-corrected chi connectivity index (χ3v) is 1.37. The number of nitro benzene ring substituents is 1. The summed E-state index contributed by atoms with van der Waals surface area (Å²) in [6.07, 6.45) is 0. The van der Waals surface area contributed by atoms with Crippen molar-refractivity contribution in [2.45, 2.75) is 0 Å². The molecule has 1 aromatic carbocycles. The number of rotatable bonds is 1. The SMILES string of the molecule is O=[N+]([O-])c1ccccc1Cl.[Na]. The van der Waals surface area contributed by atoms with Crippen LogP contribution in [0.3, 0.4) is 0 Å². The van der Waals surface area contributed by atoms with Crippen LogP contribution in [-0.2, 0) is 0 Å². The van der Waals surface area contributed by atoms with Crippen LogP contribution in [0, 0.1) is 10.1 Å². The van der Waals surface area contributed by atoms with E-state index in [2.05, 4.69) is 0 Å². The monoisotopic (exact) mass is 180 g/mol. The average Bonchev–Trinajstić information content (AvgIpc) is 1.88. The Balaban J connectivity index is 0.000001000. The zero-order chi connectivity index (χ0) is 7.56. The molecule has 0 amide bonds. The van der Waals surface area contributed by atoms with Crippen molar-refractivity contribution in [2.75, 3.05) is 0 Å². The van der Waals surface area contributed by atoms with Gasteiger partial charge in [0.05, 0.1) is 4.92 Å². The molecule has 0 unspecified atom stereocenters. The summed E-state index contributed by atoms with van der Waals surface area (Å²) >= 11 is 5.48. The average molecular weight is 181 g/mol. The largest absolute Gasteiger partial charge is 0.287 e. The Labute approximate surface area is 90.8 Å². The quantitative estimate of drug-likeness (QED) is 0.376. The maximum atomic E-state index is 10.1. The van der Waals surface area contributed by atoms with Gasteiger partial charge in [0.1, 0.15) is 5.02 Å². The minimum Gasteiger partial charge on any atom is -0.258 e. The second-order valence-electron chi connectivity index (χ2n) is 1.71. The van der Waals surface area contributed by atoms with Gasteiger partial charge in [-0.1, -0.05) is 23.7 Å². The third-order valence-electron chi connectivity index (χ3n) is 1.05. The summed E-state index contributed by atoms with van der Waals surface area (Å²) in [5, 5.41) is 10.3. The number of para-hydroxylation sites is 1. The molecule has 0 spiro atoms. The maximum absolute atomic E-state index is 10.1. The second-order valence-corrected chi connectivity index (χ2v) is 2.12. The van der Waals surface area contributed by atoms with E-state index in [1.54, 1.807) is 12.1 Å². The van der Waals surface area contributed by atoms with Gasteiger partial charge in [0.15, 0.2) is 0 Å². The molecule has 0 fully saturated rings. The molecular formula is C6H4ClNNaO2. The summed E-state index contributed by atoms with van der Waals surface area (Å²) in [7, 11) is 0. The molecule has 0 heterocycles. The molecule has 11 heavy (non-hydrogen) atoms. The predicted octanol–water partition coefficient (Wildman–Crippen LogP) is 1.87. The van der Waals surface area contributed by atoms with Crippen LogP contribution in [0.4, 0.5) is 5.69 Å². The van der Waals surface area contributed by atoms with Gasteiger partial charge in [0.25, 0.3) is 5.69 Å². The fourth-order valence-electron chi connectivity index (χ4n) is 0.600. The first-order valence-corrected chi connectivity index (χ1v) is 2.98. The summed E-state index contributed by atoms with van der Waals surface area (Å²) in [5.74, 6) is 0. The molecule has 1 radical (unpaired) electrons. The molecule has 0 saturated carbocycles. The molecule has 0 N–H and O–H groups in total. The molecule has 0 bridgehead atoms. The molecule has 0 aromatic heterocycles. The molecule has 1 aromatic rings. The van der Waals surface area contributed by atoms with E-state index in [1.165, 1.54) is 12.1 Å². The predicted molar refractivity (Wildman–Crippen MR) is 43.9 cm³/mol. The molecule has 53 valence electrons. The molecular weight excluding hydrogens is 177 g/mol. The van der Waals surface area contributed by atoms with Gasteiger partial charge in [-0.15, -0.1) is 0 Å². The van der Waals surface area contributed by atoms with E-state index in [4.69, 9.17) is 11.6 Å². The Bertz CT molecular complexity index is 267. The molecule has 0 atom stereocenters. The molecule has 5 heteroatoms. The Hall–Kier alpha value is -0.0900. The zero-order valence-corrected chi connectivity index (χ0v) is 8.71. The fourth-order valence-corrected chi connectivity index (χ4v) is 0.805. The van der Waals surface area contributed by atoms with Crippen LogP contribution >= 0.6 is 11.6 Å². The minimum absolute atomic E-state index is 0. The van der Waals surface area contributed by atoms with Crippen LogP contribution < -0.4 is 0 Å². The van der Waals surface area contributed by atoms with Gasteiger partial charge in [0, 0.05) is 35.6 Å². The van der Waals surface area contributed by atoms with Crippen molar-refractivity contribution >= 4 is 46.8 Å². The van der Waals surface area contributed by atoms with Crippen LogP contribution in [0.1, 0.15) is 0 Å². The molecule has 0 aliphatic carbocycles. The van der Waals surface area contributed by atoms with Crippen LogP contribution in [0.15, 0.2) is 24.3 Å². The number of nitrogens with zero attached hydrogens (tertiary/aromatic N) is 1. The van der Waals surface area contributed by atoms with E-state index in [0.717, 1.165) is 0 Å². The van der Waals surface area contributed by atoms with Gasteiger partial charge in [-0.2, -0.15) is 0 Å². The molecule has 0 aliphatic rings. The zero-order valence-electron chi connectivity index (χ0n) is 5.95. The first-order valence-electron chi connectivity index (χ1n) is 2.61. The van der Waals surface area contributed by atoms with E-state index in [9.17, 15) is 10.1 Å². The Morgan fingerprint density at radius 3 is 2.27 bits per heavy atom. The van der Waals surface area contributed by atoms with Crippen molar-refractivity contribution in [1.29, 1.82) is 0 Å². The molecule has 0 aliphatic heterocycles. The number of nitro groups is 1. The smallest absolute Gasteiger partial charge is 0.258 e. The summed E-state index contributed by atoms with van der Waals surface area (Å²) in [4.78, 5) is 9.63. The van der Waals surface area contributed by atoms with Crippen molar-refractivity contribution in [2.24, 2.45) is 0 Å². The third kappa shape index (κ3) is 2.79. The van der Waals surface area contributed by atoms with Gasteiger partial charge in [-0.3, -0.25) is 10.1 Å². The number of benzene rings is 1. The van der Waals surface area contributed by atoms with E-state index in [1.807, 2.05) is 0 Å². The van der Waals surface area contributed by atoms with Crippen molar-refractivity contribution in [1.82, 2.24) is 0 Å². The van der Waals surface area contributed by atoms with Gasteiger partial charge >= 0.3 is 0 Å². The minimum atomic E-state index is -0.512. The normalized spacial score (nSPS) is 8.45. The standard InChI is InChI=1S/C6H4ClNO2.Na/c7-5-3-1-2-4-6(5)8(9)10;/h1-4H;. The van der Waals surface area contributed by atoms with E-state index >= 15 is 0 Å². The topological polar surface area (TPSA) is 43.1 Å². The first kappa shape index (κ1) is 10.9. The van der Waals surface area contributed by atoms with E-state index in [-0.39, 0.29) is 40.3 Å². The van der Waals surface area contributed by atoms with Crippen LogP contribution in [0.2, 0.25) is 5.02 Å². The number of hydrogen-bond donors (Lipinski definition) is 0. The van der Waals surface area contributed by atoms with Crippen molar-refractivity contribution in [3.63, 3.8) is 0 Å². The maximum Gasteiger partial charge on any atom is 0.287 e. The van der Waals surface area contributed by atoms with Crippen LogP contribution in [0.5, 0.6) is 0 Å². The van der Waals surface area contributed by atoms with Crippen molar-refractivity contribution < 1.29 is 4.92 Å². The Morgan fingerprint density at radius 1 is 1.36 bits per heavy atom. The summed E-state index contributed by atoms with van der Waals surface area (Å²) in [6, 6.07) is 6.07.